The lowest BCUT2D eigenvalue weighted by molar-refractivity contribution is 0.0733. The molecule has 0 radical (unpaired) electrons. The lowest BCUT2D eigenvalue weighted by Gasteiger charge is -2.06. The lowest BCUT2D eigenvalue weighted by atomic mass is 10.1. The smallest absolute Gasteiger partial charge is 0.344 e. The molecule has 0 atom stereocenters. The molecule has 1 aliphatic rings. The van der Waals surface area contributed by atoms with Gasteiger partial charge >= 0.3 is 5.97 Å². The molecule has 1 aliphatic heterocycles. The fourth-order valence-electron chi connectivity index (χ4n) is 3.00. The largest absolute Gasteiger partial charge is 0.494 e. The van der Waals surface area contributed by atoms with Crippen LogP contribution < -0.4 is 14.2 Å². The van der Waals surface area contributed by atoms with E-state index in [0.717, 1.165) is 5.56 Å². The monoisotopic (exact) mass is 464 g/mol. The van der Waals surface area contributed by atoms with Crippen molar-refractivity contribution >= 4 is 33.8 Å². The molecular formula is C24H17BrO5. The minimum Gasteiger partial charge on any atom is -0.494 e. The number of ether oxygens (including phenoxy) is 3. The van der Waals surface area contributed by atoms with E-state index in [4.69, 9.17) is 14.2 Å². The van der Waals surface area contributed by atoms with E-state index in [2.05, 4.69) is 15.9 Å². The molecule has 6 heteroatoms. The third-order valence-electron chi connectivity index (χ3n) is 4.43. The summed E-state index contributed by atoms with van der Waals surface area (Å²) in [5.41, 5.74) is 1.69. The molecule has 0 aromatic heterocycles. The summed E-state index contributed by atoms with van der Waals surface area (Å²) in [6.07, 6.45) is 1.65. The zero-order valence-electron chi connectivity index (χ0n) is 16.1. The molecule has 0 fully saturated rings. The molecule has 0 bridgehead atoms. The van der Waals surface area contributed by atoms with Gasteiger partial charge in [0.05, 0.1) is 17.7 Å². The minimum atomic E-state index is -0.455. The molecule has 0 aliphatic carbocycles. The molecule has 3 aromatic rings. The highest BCUT2D eigenvalue weighted by Crippen LogP contribution is 2.35. The molecule has 0 saturated heterocycles. The zero-order chi connectivity index (χ0) is 21.1. The number of carbonyl (C=O) groups is 2. The normalized spacial score (nSPS) is 13.7. The number of benzene rings is 3. The first-order valence-corrected chi connectivity index (χ1v) is 10.1. The molecule has 150 valence electrons. The topological polar surface area (TPSA) is 61.8 Å². The summed E-state index contributed by atoms with van der Waals surface area (Å²) in [7, 11) is 0. The van der Waals surface area contributed by atoms with E-state index >= 15 is 0 Å². The molecule has 30 heavy (non-hydrogen) atoms. The quantitative estimate of drug-likeness (QED) is 0.276. The van der Waals surface area contributed by atoms with Crippen molar-refractivity contribution in [3.05, 3.63) is 93.7 Å². The van der Waals surface area contributed by atoms with Crippen molar-refractivity contribution in [2.45, 2.75) is 6.92 Å². The first-order valence-electron chi connectivity index (χ1n) is 9.33. The van der Waals surface area contributed by atoms with Gasteiger partial charge in [-0.05, 0) is 70.9 Å². The van der Waals surface area contributed by atoms with E-state index in [0.29, 0.717) is 39.5 Å². The summed E-state index contributed by atoms with van der Waals surface area (Å²) in [6.45, 7) is 2.43. The Hall–Kier alpha value is -3.38. The third kappa shape index (κ3) is 4.14. The maximum Gasteiger partial charge on any atom is 0.344 e. The molecule has 5 nitrogen and oxygen atoms in total. The highest BCUT2D eigenvalue weighted by molar-refractivity contribution is 9.10. The zero-order valence-corrected chi connectivity index (χ0v) is 17.6. The van der Waals surface area contributed by atoms with Crippen LogP contribution in [0.2, 0.25) is 0 Å². The van der Waals surface area contributed by atoms with Crippen LogP contribution in [0.1, 0.15) is 33.2 Å². The maximum atomic E-state index is 12.6. The summed E-state index contributed by atoms with van der Waals surface area (Å²) in [6, 6.07) is 19.1. The molecular weight excluding hydrogens is 448 g/mol. The SMILES string of the molecule is CCOc1ccc2c(c1)O/C(=C\c1ccc(OC(=O)c3ccccc3Br)cc1)C2=O. The second kappa shape index (κ2) is 8.55. The van der Waals surface area contributed by atoms with Crippen molar-refractivity contribution in [1.82, 2.24) is 0 Å². The van der Waals surface area contributed by atoms with E-state index in [1.165, 1.54) is 0 Å². The Labute approximate surface area is 182 Å². The number of Topliss-reactive ketones (excluding diaryl/α,β-unsaturated/α-hetero) is 1. The van der Waals surface area contributed by atoms with Crippen LogP contribution in [0.15, 0.2) is 77.0 Å². The van der Waals surface area contributed by atoms with Gasteiger partial charge in [0.15, 0.2) is 5.76 Å². The van der Waals surface area contributed by atoms with Gasteiger partial charge in [-0.25, -0.2) is 4.79 Å². The Kier molecular flexibility index (Phi) is 5.68. The van der Waals surface area contributed by atoms with E-state index < -0.39 is 5.97 Å². The predicted molar refractivity (Wildman–Crippen MR) is 116 cm³/mol. The number of hydrogen-bond acceptors (Lipinski definition) is 5. The summed E-state index contributed by atoms with van der Waals surface area (Å²) in [5, 5.41) is 0. The Morgan fingerprint density at radius 2 is 1.77 bits per heavy atom. The lowest BCUT2D eigenvalue weighted by Crippen LogP contribution is -2.09. The van der Waals surface area contributed by atoms with Crippen LogP contribution in [-0.4, -0.2) is 18.4 Å². The van der Waals surface area contributed by atoms with Crippen LogP contribution in [0.4, 0.5) is 0 Å². The van der Waals surface area contributed by atoms with Crippen LogP contribution in [-0.2, 0) is 0 Å². The number of rotatable bonds is 5. The van der Waals surface area contributed by atoms with E-state index in [-0.39, 0.29) is 11.5 Å². The molecule has 0 amide bonds. The fourth-order valence-corrected chi connectivity index (χ4v) is 3.44. The van der Waals surface area contributed by atoms with Crippen molar-refractivity contribution < 1.29 is 23.8 Å². The minimum absolute atomic E-state index is 0.183. The molecule has 0 spiro atoms. The van der Waals surface area contributed by atoms with Crippen molar-refractivity contribution in [2.75, 3.05) is 6.61 Å². The van der Waals surface area contributed by atoms with Crippen LogP contribution in [0.3, 0.4) is 0 Å². The predicted octanol–water partition coefficient (Wildman–Crippen LogP) is 5.68. The molecule has 1 heterocycles. The Morgan fingerprint density at radius 1 is 1.03 bits per heavy atom. The van der Waals surface area contributed by atoms with Gasteiger partial charge in [0, 0.05) is 10.5 Å². The Balaban J connectivity index is 1.48. The van der Waals surface area contributed by atoms with Crippen LogP contribution in [0.5, 0.6) is 17.2 Å². The third-order valence-corrected chi connectivity index (χ3v) is 5.13. The van der Waals surface area contributed by atoms with Gasteiger partial charge in [-0.1, -0.05) is 24.3 Å². The van der Waals surface area contributed by atoms with E-state index in [9.17, 15) is 9.59 Å². The first kappa shape index (κ1) is 19.9. The van der Waals surface area contributed by atoms with Crippen molar-refractivity contribution in [3.63, 3.8) is 0 Å². The van der Waals surface area contributed by atoms with Gasteiger partial charge in [-0.2, -0.15) is 0 Å². The average Bonchev–Trinajstić information content (AvgIpc) is 3.05. The van der Waals surface area contributed by atoms with Gasteiger partial charge < -0.3 is 14.2 Å². The van der Waals surface area contributed by atoms with E-state index in [1.807, 2.05) is 13.0 Å². The molecule has 0 unspecified atom stereocenters. The summed E-state index contributed by atoms with van der Waals surface area (Å²) in [5.74, 6) is 1.14. The average molecular weight is 465 g/mol. The number of allylic oxidation sites excluding steroid dienone is 1. The summed E-state index contributed by atoms with van der Waals surface area (Å²) in [4.78, 5) is 24.9. The van der Waals surface area contributed by atoms with Gasteiger partial charge in [-0.3, -0.25) is 4.79 Å². The summed E-state index contributed by atoms with van der Waals surface area (Å²) < 4.78 is 17.2. The van der Waals surface area contributed by atoms with Crippen molar-refractivity contribution in [2.24, 2.45) is 0 Å². The maximum absolute atomic E-state index is 12.6. The standard InChI is InChI=1S/C24H17BrO5/c1-2-28-17-11-12-19-21(14-17)30-22(23(19)26)13-15-7-9-16(10-8-15)29-24(27)18-5-3-4-6-20(18)25/h3-14H,2H2,1H3/b22-13-. The number of esters is 1. The van der Waals surface area contributed by atoms with Crippen LogP contribution in [0, 0.1) is 0 Å². The van der Waals surface area contributed by atoms with Gasteiger partial charge in [0.25, 0.3) is 0 Å². The molecule has 4 rings (SSSR count). The first-order chi connectivity index (χ1) is 14.5. The number of halogens is 1. The van der Waals surface area contributed by atoms with Crippen LogP contribution >= 0.6 is 15.9 Å². The van der Waals surface area contributed by atoms with Crippen LogP contribution in [0.25, 0.3) is 6.08 Å². The van der Waals surface area contributed by atoms with Gasteiger partial charge in [-0.15, -0.1) is 0 Å². The number of fused-ring (bicyclic) bond motifs is 1. The number of hydrogen-bond donors (Lipinski definition) is 0. The second-order valence-electron chi connectivity index (χ2n) is 6.47. The number of carbonyl (C=O) groups excluding carboxylic acids is 2. The summed E-state index contributed by atoms with van der Waals surface area (Å²) >= 11 is 3.34. The molecule has 0 N–H and O–H groups in total. The van der Waals surface area contributed by atoms with Crippen molar-refractivity contribution in [3.8, 4) is 17.2 Å². The highest BCUT2D eigenvalue weighted by atomic mass is 79.9. The molecule has 3 aromatic carbocycles. The second-order valence-corrected chi connectivity index (χ2v) is 7.32. The van der Waals surface area contributed by atoms with E-state index in [1.54, 1.807) is 66.7 Å². The van der Waals surface area contributed by atoms with Gasteiger partial charge in [0.1, 0.15) is 17.2 Å². The Bertz CT molecular complexity index is 1150. The highest BCUT2D eigenvalue weighted by Gasteiger charge is 2.27. The van der Waals surface area contributed by atoms with Crippen molar-refractivity contribution in [1.29, 1.82) is 0 Å². The number of ketones is 1. The Morgan fingerprint density at radius 3 is 2.50 bits per heavy atom. The molecule has 0 saturated carbocycles. The van der Waals surface area contributed by atoms with Gasteiger partial charge in [0.2, 0.25) is 5.78 Å². The fraction of sp³-hybridized carbons (Fsp3) is 0.0833.